The summed E-state index contributed by atoms with van der Waals surface area (Å²) in [6, 6.07) is 3.76. The maximum atomic E-state index is 6.00. The molecule has 19 heavy (non-hydrogen) atoms. The molecule has 0 bridgehead atoms. The van der Waals surface area contributed by atoms with E-state index < -0.39 is 0 Å². The fraction of sp³-hybridized carbons (Fsp3) is 0.571. The zero-order valence-electron chi connectivity index (χ0n) is 11.7. The lowest BCUT2D eigenvalue weighted by Crippen LogP contribution is -2.07. The monoisotopic (exact) mass is 286 g/mol. The molecule has 0 saturated heterocycles. The SMILES string of the molecule is COCCOCCCCNc1cc(Cl)c(N)cc1C. The van der Waals surface area contributed by atoms with Crippen LogP contribution in [0, 0.1) is 6.92 Å². The van der Waals surface area contributed by atoms with E-state index in [1.165, 1.54) is 0 Å². The van der Waals surface area contributed by atoms with E-state index in [9.17, 15) is 0 Å². The number of benzene rings is 1. The van der Waals surface area contributed by atoms with E-state index in [0.717, 1.165) is 37.2 Å². The van der Waals surface area contributed by atoms with E-state index in [0.29, 0.717) is 23.9 Å². The van der Waals surface area contributed by atoms with Gasteiger partial charge in [-0.05, 0) is 37.5 Å². The van der Waals surface area contributed by atoms with Crippen molar-refractivity contribution in [2.45, 2.75) is 19.8 Å². The molecule has 0 atom stereocenters. The number of rotatable bonds is 9. The van der Waals surface area contributed by atoms with Gasteiger partial charge in [-0.3, -0.25) is 0 Å². The van der Waals surface area contributed by atoms with Crippen LogP contribution in [-0.4, -0.2) is 33.5 Å². The van der Waals surface area contributed by atoms with E-state index in [-0.39, 0.29) is 0 Å². The van der Waals surface area contributed by atoms with Gasteiger partial charge in [0.15, 0.2) is 0 Å². The summed E-state index contributed by atoms with van der Waals surface area (Å²) in [5.41, 5.74) is 8.51. The minimum atomic E-state index is 0.594. The Morgan fingerprint density at radius 2 is 2.00 bits per heavy atom. The molecule has 4 nitrogen and oxygen atoms in total. The van der Waals surface area contributed by atoms with Crippen molar-refractivity contribution in [3.63, 3.8) is 0 Å². The second-order valence-corrected chi connectivity index (χ2v) is 4.83. The molecule has 0 aromatic heterocycles. The largest absolute Gasteiger partial charge is 0.398 e. The first-order valence-corrected chi connectivity index (χ1v) is 6.89. The predicted molar refractivity (Wildman–Crippen MR) is 81.0 cm³/mol. The minimum Gasteiger partial charge on any atom is -0.398 e. The van der Waals surface area contributed by atoms with Gasteiger partial charge in [-0.15, -0.1) is 0 Å². The third-order valence-corrected chi connectivity index (χ3v) is 3.13. The van der Waals surface area contributed by atoms with Crippen molar-refractivity contribution in [1.82, 2.24) is 0 Å². The van der Waals surface area contributed by atoms with Gasteiger partial charge in [0.1, 0.15) is 0 Å². The number of hydrogen-bond acceptors (Lipinski definition) is 4. The molecule has 0 aliphatic heterocycles. The zero-order valence-corrected chi connectivity index (χ0v) is 12.4. The van der Waals surface area contributed by atoms with E-state index in [2.05, 4.69) is 5.32 Å². The molecule has 108 valence electrons. The van der Waals surface area contributed by atoms with Crippen molar-refractivity contribution >= 4 is 23.0 Å². The van der Waals surface area contributed by atoms with Crippen LogP contribution in [0.1, 0.15) is 18.4 Å². The van der Waals surface area contributed by atoms with Crippen molar-refractivity contribution in [3.05, 3.63) is 22.7 Å². The lowest BCUT2D eigenvalue weighted by molar-refractivity contribution is 0.0691. The summed E-state index contributed by atoms with van der Waals surface area (Å²) >= 11 is 6.00. The summed E-state index contributed by atoms with van der Waals surface area (Å²) in [4.78, 5) is 0. The van der Waals surface area contributed by atoms with Crippen molar-refractivity contribution in [1.29, 1.82) is 0 Å². The first kappa shape index (κ1) is 16.1. The summed E-state index contributed by atoms with van der Waals surface area (Å²) in [7, 11) is 1.67. The van der Waals surface area contributed by atoms with Gasteiger partial charge >= 0.3 is 0 Å². The molecule has 0 aliphatic carbocycles. The van der Waals surface area contributed by atoms with Crippen LogP contribution >= 0.6 is 11.6 Å². The number of hydrogen-bond donors (Lipinski definition) is 2. The Balaban J connectivity index is 2.17. The van der Waals surface area contributed by atoms with Crippen LogP contribution in [0.5, 0.6) is 0 Å². The van der Waals surface area contributed by atoms with Gasteiger partial charge < -0.3 is 20.5 Å². The van der Waals surface area contributed by atoms with E-state index >= 15 is 0 Å². The highest BCUT2D eigenvalue weighted by atomic mass is 35.5. The third kappa shape index (κ3) is 6.14. The molecular formula is C14H23ClN2O2. The van der Waals surface area contributed by atoms with E-state index in [4.69, 9.17) is 26.8 Å². The summed E-state index contributed by atoms with van der Waals surface area (Å²) in [6.45, 7) is 5.00. The third-order valence-electron chi connectivity index (χ3n) is 2.81. The molecule has 0 fully saturated rings. The molecule has 0 saturated carbocycles. The normalized spacial score (nSPS) is 10.7. The Labute approximate surface area is 120 Å². The summed E-state index contributed by atoms with van der Waals surface area (Å²) in [5.74, 6) is 0. The topological polar surface area (TPSA) is 56.5 Å². The zero-order chi connectivity index (χ0) is 14.1. The van der Waals surface area contributed by atoms with Crippen LogP contribution in [0.15, 0.2) is 12.1 Å². The molecular weight excluding hydrogens is 264 g/mol. The predicted octanol–water partition coefficient (Wildman–Crippen LogP) is 3.09. The number of ether oxygens (including phenoxy) is 2. The number of aryl methyl sites for hydroxylation is 1. The second-order valence-electron chi connectivity index (χ2n) is 4.43. The molecule has 0 heterocycles. The highest BCUT2D eigenvalue weighted by Gasteiger charge is 2.02. The maximum Gasteiger partial charge on any atom is 0.0700 e. The molecule has 1 rings (SSSR count). The Bertz CT molecular complexity index is 386. The van der Waals surface area contributed by atoms with Crippen LogP contribution in [0.3, 0.4) is 0 Å². The average Bonchev–Trinajstić information content (AvgIpc) is 2.38. The van der Waals surface area contributed by atoms with Crippen LogP contribution < -0.4 is 11.1 Å². The first-order chi connectivity index (χ1) is 9.15. The Morgan fingerprint density at radius 1 is 1.21 bits per heavy atom. The lowest BCUT2D eigenvalue weighted by atomic mass is 10.1. The molecule has 5 heteroatoms. The van der Waals surface area contributed by atoms with Crippen LogP contribution in [0.25, 0.3) is 0 Å². The summed E-state index contributed by atoms with van der Waals surface area (Å²) in [6.07, 6.45) is 2.08. The van der Waals surface area contributed by atoms with Gasteiger partial charge in [-0.2, -0.15) is 0 Å². The van der Waals surface area contributed by atoms with Gasteiger partial charge in [0.25, 0.3) is 0 Å². The molecule has 0 amide bonds. The van der Waals surface area contributed by atoms with Gasteiger partial charge in [-0.1, -0.05) is 11.6 Å². The van der Waals surface area contributed by atoms with Crippen molar-refractivity contribution in [3.8, 4) is 0 Å². The minimum absolute atomic E-state index is 0.594. The molecule has 1 aromatic rings. The number of nitrogen functional groups attached to an aromatic ring is 1. The smallest absolute Gasteiger partial charge is 0.0700 e. The standard InChI is InChI=1S/C14H23ClN2O2/c1-11-9-13(16)12(15)10-14(11)17-5-3-4-6-19-8-7-18-2/h9-10,17H,3-8,16H2,1-2H3. The molecule has 0 radical (unpaired) electrons. The van der Waals surface area contributed by atoms with E-state index in [1.54, 1.807) is 7.11 Å². The van der Waals surface area contributed by atoms with Crippen molar-refractivity contribution in [2.24, 2.45) is 0 Å². The van der Waals surface area contributed by atoms with Gasteiger partial charge in [-0.25, -0.2) is 0 Å². The van der Waals surface area contributed by atoms with Crippen molar-refractivity contribution < 1.29 is 9.47 Å². The van der Waals surface area contributed by atoms with Crippen LogP contribution in [0.4, 0.5) is 11.4 Å². The number of methoxy groups -OCH3 is 1. The quantitative estimate of drug-likeness (QED) is 0.541. The number of anilines is 2. The number of halogens is 1. The van der Waals surface area contributed by atoms with Gasteiger partial charge in [0.2, 0.25) is 0 Å². The summed E-state index contributed by atoms with van der Waals surface area (Å²) in [5, 5.41) is 3.96. The van der Waals surface area contributed by atoms with Crippen LogP contribution in [0.2, 0.25) is 5.02 Å². The molecule has 0 aliphatic rings. The van der Waals surface area contributed by atoms with Crippen molar-refractivity contribution in [2.75, 3.05) is 44.5 Å². The first-order valence-electron chi connectivity index (χ1n) is 6.51. The summed E-state index contributed by atoms with van der Waals surface area (Å²) < 4.78 is 10.3. The highest BCUT2D eigenvalue weighted by molar-refractivity contribution is 6.33. The van der Waals surface area contributed by atoms with E-state index in [1.807, 2.05) is 19.1 Å². The molecule has 0 spiro atoms. The molecule has 1 aromatic carbocycles. The Kier molecular flexibility index (Phi) is 7.63. The fourth-order valence-electron chi connectivity index (χ4n) is 1.69. The second kappa shape index (κ2) is 9.02. The number of nitrogens with two attached hydrogens (primary N) is 1. The lowest BCUT2D eigenvalue weighted by Gasteiger charge is -2.11. The fourth-order valence-corrected chi connectivity index (χ4v) is 1.85. The molecule has 3 N–H and O–H groups in total. The molecule has 0 unspecified atom stereocenters. The average molecular weight is 287 g/mol. The Hall–Kier alpha value is -0.970. The highest BCUT2D eigenvalue weighted by Crippen LogP contribution is 2.26. The van der Waals surface area contributed by atoms with Crippen LogP contribution in [-0.2, 0) is 9.47 Å². The Morgan fingerprint density at radius 3 is 2.74 bits per heavy atom. The maximum absolute atomic E-state index is 6.00. The van der Waals surface area contributed by atoms with Gasteiger partial charge in [0.05, 0.1) is 23.9 Å². The number of unbranched alkanes of at least 4 members (excludes halogenated alkanes) is 1. The number of nitrogens with one attached hydrogen (secondary N) is 1. The van der Waals surface area contributed by atoms with Gasteiger partial charge in [0, 0.05) is 25.9 Å².